The van der Waals surface area contributed by atoms with Gasteiger partial charge in [0.25, 0.3) is 0 Å². The Hall–Kier alpha value is -2.35. The van der Waals surface area contributed by atoms with Gasteiger partial charge in [0.1, 0.15) is 0 Å². The lowest BCUT2D eigenvalue weighted by Crippen LogP contribution is -2.22. The summed E-state index contributed by atoms with van der Waals surface area (Å²) in [4.78, 5) is 12.9. The van der Waals surface area contributed by atoms with E-state index in [2.05, 4.69) is 15.4 Å². The molecule has 0 heterocycles. The summed E-state index contributed by atoms with van der Waals surface area (Å²) in [6, 6.07) is 11.7. The first kappa shape index (κ1) is 17.0. The molecular weight excluding hydrogens is 329 g/mol. The second-order valence-electron chi connectivity index (χ2n) is 4.36. The fraction of sp³-hybridized carbons (Fsp3) is 0.133. The van der Waals surface area contributed by atoms with Gasteiger partial charge in [0, 0.05) is 10.6 Å². The zero-order valence-electron chi connectivity index (χ0n) is 12.0. The van der Waals surface area contributed by atoms with Crippen molar-refractivity contribution in [1.82, 2.24) is 0 Å². The van der Waals surface area contributed by atoms with Crippen molar-refractivity contribution < 1.29 is 22.7 Å². The lowest BCUT2D eigenvalue weighted by molar-refractivity contribution is -0.274. The molecule has 2 N–H and O–H groups in total. The van der Waals surface area contributed by atoms with Crippen molar-refractivity contribution in [3.8, 4) is 5.75 Å². The molecule has 0 radical (unpaired) electrons. The Morgan fingerprint density at radius 3 is 2.52 bits per heavy atom. The van der Waals surface area contributed by atoms with Gasteiger partial charge in [0.2, 0.25) is 0 Å². The molecule has 0 aliphatic rings. The van der Waals surface area contributed by atoms with Crippen LogP contribution >= 0.6 is 11.8 Å². The number of halogens is 3. The number of thioether (sulfide) groups is 1. The number of ether oxygens (including phenoxy) is 1. The molecular formula is C15H13F3N2O2S. The summed E-state index contributed by atoms with van der Waals surface area (Å²) in [5, 5.41) is 4.89. The highest BCUT2D eigenvalue weighted by Crippen LogP contribution is 2.30. The molecule has 0 aromatic heterocycles. The fourth-order valence-corrected chi connectivity index (χ4v) is 2.23. The number of para-hydroxylation sites is 2. The number of carbonyl (C=O) groups excluding carboxylic acids is 1. The molecule has 4 nitrogen and oxygen atoms in total. The van der Waals surface area contributed by atoms with E-state index in [0.717, 1.165) is 11.0 Å². The average Bonchev–Trinajstić information content (AvgIpc) is 2.48. The number of rotatable bonds is 4. The minimum atomic E-state index is -4.83. The highest BCUT2D eigenvalue weighted by Gasteiger charge is 2.32. The maximum Gasteiger partial charge on any atom is 0.573 e. The molecule has 0 aliphatic carbocycles. The molecule has 0 fully saturated rings. The topological polar surface area (TPSA) is 50.4 Å². The van der Waals surface area contributed by atoms with Gasteiger partial charge in [-0.25, -0.2) is 4.79 Å². The monoisotopic (exact) mass is 342 g/mol. The largest absolute Gasteiger partial charge is 0.573 e. The third-order valence-corrected chi connectivity index (χ3v) is 3.41. The van der Waals surface area contributed by atoms with Gasteiger partial charge in [-0.1, -0.05) is 18.2 Å². The van der Waals surface area contributed by atoms with E-state index in [4.69, 9.17) is 0 Å². The van der Waals surface area contributed by atoms with E-state index in [0.29, 0.717) is 5.69 Å². The van der Waals surface area contributed by atoms with Crippen LogP contribution in [0.2, 0.25) is 0 Å². The molecule has 2 amide bonds. The van der Waals surface area contributed by atoms with Crippen LogP contribution in [0.5, 0.6) is 5.75 Å². The number of nitrogens with one attached hydrogen (secondary N) is 2. The van der Waals surface area contributed by atoms with Crippen molar-refractivity contribution in [3.63, 3.8) is 0 Å². The summed E-state index contributed by atoms with van der Waals surface area (Å²) in [7, 11) is 0. The molecule has 122 valence electrons. The predicted octanol–water partition coefficient (Wildman–Crippen LogP) is 4.95. The lowest BCUT2D eigenvalue weighted by Gasteiger charge is -2.14. The van der Waals surface area contributed by atoms with Gasteiger partial charge >= 0.3 is 12.4 Å². The maximum atomic E-state index is 12.3. The van der Waals surface area contributed by atoms with Crippen LogP contribution in [-0.2, 0) is 0 Å². The summed E-state index contributed by atoms with van der Waals surface area (Å²) < 4.78 is 40.9. The number of urea groups is 1. The number of anilines is 2. The zero-order valence-corrected chi connectivity index (χ0v) is 12.8. The van der Waals surface area contributed by atoms with Crippen molar-refractivity contribution in [2.24, 2.45) is 0 Å². The quantitative estimate of drug-likeness (QED) is 0.773. The summed E-state index contributed by atoms with van der Waals surface area (Å²) in [6.07, 6.45) is -2.94. The second-order valence-corrected chi connectivity index (χ2v) is 5.23. The van der Waals surface area contributed by atoms with Crippen molar-refractivity contribution in [1.29, 1.82) is 0 Å². The van der Waals surface area contributed by atoms with E-state index in [-0.39, 0.29) is 5.69 Å². The number of hydrogen-bond acceptors (Lipinski definition) is 3. The Morgan fingerprint density at radius 2 is 1.83 bits per heavy atom. The van der Waals surface area contributed by atoms with Gasteiger partial charge < -0.3 is 15.4 Å². The Balaban J connectivity index is 2.08. The molecule has 8 heteroatoms. The van der Waals surface area contributed by atoms with Crippen molar-refractivity contribution >= 4 is 29.2 Å². The standard InChI is InChI=1S/C15H13F3N2O2S/c1-23-11-6-4-5-10(9-11)19-14(21)20-12-7-2-3-8-13(12)22-15(16,17)18/h2-9H,1H3,(H2,19,20,21). The molecule has 0 spiro atoms. The van der Waals surface area contributed by atoms with E-state index in [1.54, 1.807) is 18.2 Å². The normalized spacial score (nSPS) is 11.0. The lowest BCUT2D eigenvalue weighted by atomic mass is 10.3. The van der Waals surface area contributed by atoms with Crippen LogP contribution in [0.1, 0.15) is 0 Å². The molecule has 2 rings (SSSR count). The minimum absolute atomic E-state index is 0.0802. The van der Waals surface area contributed by atoms with Gasteiger partial charge in [0.05, 0.1) is 5.69 Å². The Labute approximate surface area is 135 Å². The van der Waals surface area contributed by atoms with Crippen LogP contribution in [0.15, 0.2) is 53.4 Å². The molecule has 0 saturated carbocycles. The summed E-state index contributed by atoms with van der Waals surface area (Å²) >= 11 is 1.51. The average molecular weight is 342 g/mol. The van der Waals surface area contributed by atoms with E-state index in [1.807, 2.05) is 12.3 Å². The number of benzene rings is 2. The molecule has 0 atom stereocenters. The minimum Gasteiger partial charge on any atom is -0.404 e. The van der Waals surface area contributed by atoms with Gasteiger partial charge in [-0.05, 0) is 36.6 Å². The van der Waals surface area contributed by atoms with Gasteiger partial charge in [-0.2, -0.15) is 0 Å². The summed E-state index contributed by atoms with van der Waals surface area (Å²) in [5.74, 6) is -0.479. The number of amides is 2. The Bertz CT molecular complexity index is 692. The highest BCUT2D eigenvalue weighted by atomic mass is 32.2. The third-order valence-electron chi connectivity index (χ3n) is 2.69. The molecule has 0 aliphatic heterocycles. The van der Waals surface area contributed by atoms with Gasteiger partial charge in [-0.15, -0.1) is 24.9 Å². The molecule has 2 aromatic rings. The van der Waals surface area contributed by atoms with Gasteiger partial charge in [-0.3, -0.25) is 0 Å². The molecule has 0 unspecified atom stereocenters. The van der Waals surface area contributed by atoms with Crippen LogP contribution in [0.4, 0.5) is 29.3 Å². The van der Waals surface area contributed by atoms with Crippen molar-refractivity contribution in [2.75, 3.05) is 16.9 Å². The van der Waals surface area contributed by atoms with Crippen LogP contribution < -0.4 is 15.4 Å². The third kappa shape index (κ3) is 5.41. The molecule has 0 bridgehead atoms. The fourth-order valence-electron chi connectivity index (χ4n) is 1.77. The van der Waals surface area contributed by atoms with Crippen molar-refractivity contribution in [2.45, 2.75) is 11.3 Å². The van der Waals surface area contributed by atoms with E-state index in [1.165, 1.54) is 30.0 Å². The Morgan fingerprint density at radius 1 is 1.09 bits per heavy atom. The SMILES string of the molecule is CSc1cccc(NC(=O)Nc2ccccc2OC(F)(F)F)c1. The van der Waals surface area contributed by atoms with Crippen LogP contribution in [0.25, 0.3) is 0 Å². The van der Waals surface area contributed by atoms with Crippen LogP contribution in [0.3, 0.4) is 0 Å². The molecule has 2 aromatic carbocycles. The summed E-state index contributed by atoms with van der Waals surface area (Å²) in [6.45, 7) is 0. The first-order valence-corrected chi connectivity index (χ1v) is 7.67. The zero-order chi connectivity index (χ0) is 16.9. The van der Waals surface area contributed by atoms with Crippen LogP contribution in [0, 0.1) is 0 Å². The number of carbonyl (C=O) groups is 1. The first-order chi connectivity index (χ1) is 10.9. The molecule has 0 saturated heterocycles. The maximum absolute atomic E-state index is 12.3. The van der Waals surface area contributed by atoms with Crippen molar-refractivity contribution in [3.05, 3.63) is 48.5 Å². The van der Waals surface area contributed by atoms with E-state index >= 15 is 0 Å². The highest BCUT2D eigenvalue weighted by molar-refractivity contribution is 7.98. The number of hydrogen-bond donors (Lipinski definition) is 2. The summed E-state index contributed by atoms with van der Waals surface area (Å²) in [5.41, 5.74) is 0.451. The molecule has 23 heavy (non-hydrogen) atoms. The first-order valence-electron chi connectivity index (χ1n) is 6.44. The Kier molecular flexibility index (Phi) is 5.38. The second kappa shape index (κ2) is 7.28. The number of alkyl halides is 3. The van der Waals surface area contributed by atoms with E-state index < -0.39 is 18.1 Å². The predicted molar refractivity (Wildman–Crippen MR) is 84.0 cm³/mol. The smallest absolute Gasteiger partial charge is 0.404 e. The van der Waals surface area contributed by atoms with E-state index in [9.17, 15) is 18.0 Å². The van der Waals surface area contributed by atoms with Crippen LogP contribution in [-0.4, -0.2) is 18.6 Å². The van der Waals surface area contributed by atoms with Gasteiger partial charge in [0.15, 0.2) is 5.75 Å².